The van der Waals surface area contributed by atoms with Crippen molar-refractivity contribution in [3.05, 3.63) is 54.1 Å². The maximum atomic E-state index is 5.79. The van der Waals surface area contributed by atoms with Crippen molar-refractivity contribution in [2.75, 3.05) is 17.7 Å². The topological polar surface area (TPSA) is 29.3 Å². The molecule has 2 heteroatoms. The standard InChI is InChI=1S/C14H16N2/c1-11-6-3-4-9-14(11)16(2)13-8-5-7-12(15)10-13/h3-10H,15H2,1-2H3. The SMILES string of the molecule is Cc1ccccc1N(C)c1cccc(N)c1. The molecule has 2 N–H and O–H groups in total. The first-order chi connectivity index (χ1) is 7.68. The Morgan fingerprint density at radius 2 is 1.75 bits per heavy atom. The van der Waals surface area contributed by atoms with Gasteiger partial charge >= 0.3 is 0 Å². The third-order valence-corrected chi connectivity index (χ3v) is 2.73. The number of rotatable bonds is 2. The van der Waals surface area contributed by atoms with E-state index in [9.17, 15) is 0 Å². The van der Waals surface area contributed by atoms with Gasteiger partial charge in [0.25, 0.3) is 0 Å². The molecule has 2 aromatic rings. The number of benzene rings is 2. The molecule has 0 spiro atoms. The Morgan fingerprint density at radius 3 is 2.44 bits per heavy atom. The lowest BCUT2D eigenvalue weighted by Gasteiger charge is -2.21. The Balaban J connectivity index is 2.39. The van der Waals surface area contributed by atoms with E-state index < -0.39 is 0 Å². The molecule has 0 saturated heterocycles. The van der Waals surface area contributed by atoms with Gasteiger partial charge in [-0.3, -0.25) is 0 Å². The molecule has 0 saturated carbocycles. The van der Waals surface area contributed by atoms with E-state index in [2.05, 4.69) is 37.1 Å². The summed E-state index contributed by atoms with van der Waals surface area (Å²) >= 11 is 0. The number of hydrogen-bond donors (Lipinski definition) is 1. The normalized spacial score (nSPS) is 10.1. The summed E-state index contributed by atoms with van der Waals surface area (Å²) in [6, 6.07) is 16.2. The number of nitrogens with zero attached hydrogens (tertiary/aromatic N) is 1. The molecular weight excluding hydrogens is 196 g/mol. The van der Waals surface area contributed by atoms with E-state index in [4.69, 9.17) is 5.73 Å². The first kappa shape index (κ1) is 10.6. The van der Waals surface area contributed by atoms with Gasteiger partial charge in [0, 0.05) is 24.1 Å². The maximum Gasteiger partial charge on any atom is 0.0437 e. The van der Waals surface area contributed by atoms with Crippen molar-refractivity contribution in [1.82, 2.24) is 0 Å². The van der Waals surface area contributed by atoms with Crippen LogP contribution in [0.1, 0.15) is 5.56 Å². The largest absolute Gasteiger partial charge is 0.399 e. The van der Waals surface area contributed by atoms with Gasteiger partial charge in [-0.1, -0.05) is 24.3 Å². The van der Waals surface area contributed by atoms with Crippen molar-refractivity contribution in [2.24, 2.45) is 0 Å². The smallest absolute Gasteiger partial charge is 0.0437 e. The van der Waals surface area contributed by atoms with E-state index in [1.54, 1.807) is 0 Å². The van der Waals surface area contributed by atoms with Gasteiger partial charge in [0.2, 0.25) is 0 Å². The zero-order valence-electron chi connectivity index (χ0n) is 9.64. The van der Waals surface area contributed by atoms with Gasteiger partial charge in [-0.05, 0) is 36.8 Å². The Bertz CT molecular complexity index is 492. The molecule has 0 fully saturated rings. The highest BCUT2D eigenvalue weighted by molar-refractivity contribution is 5.68. The second kappa shape index (κ2) is 4.27. The van der Waals surface area contributed by atoms with Gasteiger partial charge < -0.3 is 10.6 Å². The molecule has 2 aromatic carbocycles. The minimum atomic E-state index is 0.790. The summed E-state index contributed by atoms with van der Waals surface area (Å²) in [5.74, 6) is 0. The van der Waals surface area contributed by atoms with Crippen LogP contribution in [0, 0.1) is 6.92 Å². The Hall–Kier alpha value is -1.96. The third kappa shape index (κ3) is 2.01. The van der Waals surface area contributed by atoms with Crippen molar-refractivity contribution >= 4 is 17.1 Å². The van der Waals surface area contributed by atoms with Crippen LogP contribution >= 0.6 is 0 Å². The van der Waals surface area contributed by atoms with E-state index in [1.165, 1.54) is 11.3 Å². The highest BCUT2D eigenvalue weighted by atomic mass is 15.1. The first-order valence-corrected chi connectivity index (χ1v) is 5.33. The zero-order chi connectivity index (χ0) is 11.5. The summed E-state index contributed by atoms with van der Waals surface area (Å²) in [5, 5.41) is 0. The molecule has 0 unspecified atom stereocenters. The van der Waals surface area contributed by atoms with E-state index in [1.807, 2.05) is 30.3 Å². The van der Waals surface area contributed by atoms with Crippen LogP contribution in [0.4, 0.5) is 17.1 Å². The summed E-state index contributed by atoms with van der Waals surface area (Å²) in [5.41, 5.74) is 10.1. The monoisotopic (exact) mass is 212 g/mol. The van der Waals surface area contributed by atoms with Crippen LogP contribution in [0.5, 0.6) is 0 Å². The predicted octanol–water partition coefficient (Wildman–Crippen LogP) is 3.35. The van der Waals surface area contributed by atoms with Gasteiger partial charge in [0.05, 0.1) is 0 Å². The summed E-state index contributed by atoms with van der Waals surface area (Å²) in [6.45, 7) is 2.11. The predicted molar refractivity (Wildman–Crippen MR) is 70.1 cm³/mol. The molecule has 0 aliphatic heterocycles. The minimum absolute atomic E-state index is 0.790. The fourth-order valence-corrected chi connectivity index (χ4v) is 1.81. The van der Waals surface area contributed by atoms with E-state index in [0.717, 1.165) is 11.4 Å². The minimum Gasteiger partial charge on any atom is -0.399 e. The van der Waals surface area contributed by atoms with Crippen LogP contribution in [0.15, 0.2) is 48.5 Å². The van der Waals surface area contributed by atoms with E-state index >= 15 is 0 Å². The lowest BCUT2D eigenvalue weighted by Crippen LogP contribution is -2.10. The number of hydrogen-bond acceptors (Lipinski definition) is 2. The highest BCUT2D eigenvalue weighted by Gasteiger charge is 2.05. The van der Waals surface area contributed by atoms with Crippen LogP contribution in [0.3, 0.4) is 0 Å². The Labute approximate surface area is 96.3 Å². The van der Waals surface area contributed by atoms with Crippen molar-refractivity contribution in [2.45, 2.75) is 6.92 Å². The molecule has 0 heterocycles. The van der Waals surface area contributed by atoms with Crippen LogP contribution in [0.25, 0.3) is 0 Å². The number of nitrogens with two attached hydrogens (primary N) is 1. The molecule has 0 aliphatic rings. The fourth-order valence-electron chi connectivity index (χ4n) is 1.81. The molecule has 0 bridgehead atoms. The highest BCUT2D eigenvalue weighted by Crippen LogP contribution is 2.27. The molecule has 0 aliphatic carbocycles. The van der Waals surface area contributed by atoms with Crippen molar-refractivity contribution < 1.29 is 0 Å². The van der Waals surface area contributed by atoms with Crippen molar-refractivity contribution in [3.8, 4) is 0 Å². The van der Waals surface area contributed by atoms with E-state index in [0.29, 0.717) is 0 Å². The van der Waals surface area contributed by atoms with E-state index in [-0.39, 0.29) is 0 Å². The zero-order valence-corrected chi connectivity index (χ0v) is 9.64. The van der Waals surface area contributed by atoms with Crippen molar-refractivity contribution in [1.29, 1.82) is 0 Å². The quantitative estimate of drug-likeness (QED) is 0.773. The number of para-hydroxylation sites is 1. The van der Waals surface area contributed by atoms with Crippen LogP contribution < -0.4 is 10.6 Å². The van der Waals surface area contributed by atoms with Gasteiger partial charge in [-0.25, -0.2) is 0 Å². The molecule has 0 amide bonds. The van der Waals surface area contributed by atoms with Gasteiger partial charge in [0.15, 0.2) is 0 Å². The summed E-state index contributed by atoms with van der Waals surface area (Å²) in [4.78, 5) is 2.14. The lowest BCUT2D eigenvalue weighted by atomic mass is 10.1. The van der Waals surface area contributed by atoms with Gasteiger partial charge in [-0.15, -0.1) is 0 Å². The lowest BCUT2D eigenvalue weighted by molar-refractivity contribution is 1.19. The Morgan fingerprint density at radius 1 is 1.00 bits per heavy atom. The summed E-state index contributed by atoms with van der Waals surface area (Å²) < 4.78 is 0. The second-order valence-corrected chi connectivity index (χ2v) is 3.94. The summed E-state index contributed by atoms with van der Waals surface area (Å²) in [7, 11) is 2.05. The summed E-state index contributed by atoms with van der Waals surface area (Å²) in [6.07, 6.45) is 0. The molecule has 2 rings (SSSR count). The number of nitrogen functional groups attached to an aromatic ring is 1. The molecule has 0 radical (unpaired) electrons. The van der Waals surface area contributed by atoms with Crippen LogP contribution in [-0.2, 0) is 0 Å². The second-order valence-electron chi connectivity index (χ2n) is 3.94. The average molecular weight is 212 g/mol. The molecule has 0 atom stereocenters. The Kier molecular flexibility index (Phi) is 2.82. The van der Waals surface area contributed by atoms with Gasteiger partial charge in [-0.2, -0.15) is 0 Å². The third-order valence-electron chi connectivity index (χ3n) is 2.73. The number of aryl methyl sites for hydroxylation is 1. The molecular formula is C14H16N2. The molecule has 0 aromatic heterocycles. The van der Waals surface area contributed by atoms with Crippen LogP contribution in [-0.4, -0.2) is 7.05 Å². The number of anilines is 3. The maximum absolute atomic E-state index is 5.79. The molecule has 82 valence electrons. The molecule has 2 nitrogen and oxygen atoms in total. The molecule has 16 heavy (non-hydrogen) atoms. The fraction of sp³-hybridized carbons (Fsp3) is 0.143. The average Bonchev–Trinajstić information content (AvgIpc) is 2.29. The first-order valence-electron chi connectivity index (χ1n) is 5.33. The van der Waals surface area contributed by atoms with Crippen LogP contribution in [0.2, 0.25) is 0 Å². The van der Waals surface area contributed by atoms with Crippen molar-refractivity contribution in [3.63, 3.8) is 0 Å². The van der Waals surface area contributed by atoms with Gasteiger partial charge in [0.1, 0.15) is 0 Å².